The van der Waals surface area contributed by atoms with Crippen LogP contribution in [-0.4, -0.2) is 42.4 Å². The number of anilines is 1. The summed E-state index contributed by atoms with van der Waals surface area (Å²) in [5.41, 5.74) is 0.975. The highest BCUT2D eigenvalue weighted by Gasteiger charge is 2.41. The minimum Gasteiger partial charge on any atom is -0.378 e. The first-order chi connectivity index (χ1) is 10.6. The summed E-state index contributed by atoms with van der Waals surface area (Å²) in [6.45, 7) is 5.22. The van der Waals surface area contributed by atoms with Crippen molar-refractivity contribution in [3.63, 3.8) is 0 Å². The van der Waals surface area contributed by atoms with Crippen LogP contribution in [0.2, 0.25) is 0 Å². The molecule has 4 amide bonds. The minimum atomic E-state index is -0.713. The fourth-order valence-electron chi connectivity index (χ4n) is 2.30. The molecule has 23 heavy (non-hydrogen) atoms. The highest BCUT2D eigenvalue weighted by atomic mass is 16.2. The fraction of sp³-hybridized carbons (Fsp3) is 0.353. The van der Waals surface area contributed by atoms with E-state index in [9.17, 15) is 14.4 Å². The first-order valence-corrected chi connectivity index (χ1v) is 7.30. The average Bonchev–Trinajstić information content (AvgIpc) is 2.42. The second kappa shape index (κ2) is 5.87. The Morgan fingerprint density at radius 1 is 1.04 bits per heavy atom. The van der Waals surface area contributed by atoms with Gasteiger partial charge in [0.1, 0.15) is 5.57 Å². The van der Waals surface area contributed by atoms with E-state index in [1.807, 2.05) is 43.3 Å². The van der Waals surface area contributed by atoms with E-state index in [0.29, 0.717) is 0 Å². The molecule has 0 atom stereocenters. The van der Waals surface area contributed by atoms with Crippen molar-refractivity contribution < 1.29 is 14.4 Å². The SMILES string of the molecule is CN(C)c1ccc(/C=C2\C(=O)NC(=O)N(C(C)(C)C)C2=O)cc1. The number of urea groups is 1. The smallest absolute Gasteiger partial charge is 0.331 e. The molecule has 0 unspecified atom stereocenters. The summed E-state index contributed by atoms with van der Waals surface area (Å²) < 4.78 is 0. The summed E-state index contributed by atoms with van der Waals surface area (Å²) in [5, 5.41) is 2.22. The van der Waals surface area contributed by atoms with Crippen molar-refractivity contribution in [2.45, 2.75) is 26.3 Å². The van der Waals surface area contributed by atoms with E-state index in [0.717, 1.165) is 16.2 Å². The Kier molecular flexibility index (Phi) is 4.27. The first kappa shape index (κ1) is 16.7. The van der Waals surface area contributed by atoms with Crippen molar-refractivity contribution in [1.29, 1.82) is 0 Å². The molecule has 122 valence electrons. The molecule has 0 radical (unpaired) electrons. The second-order valence-corrected chi connectivity index (χ2v) is 6.61. The third kappa shape index (κ3) is 3.41. The predicted molar refractivity (Wildman–Crippen MR) is 88.9 cm³/mol. The van der Waals surface area contributed by atoms with Crippen molar-refractivity contribution >= 4 is 29.6 Å². The number of barbiturate groups is 1. The molecule has 0 bridgehead atoms. The molecule has 1 aromatic rings. The van der Waals surface area contributed by atoms with Crippen molar-refractivity contribution in [2.24, 2.45) is 0 Å². The van der Waals surface area contributed by atoms with Gasteiger partial charge in [0.15, 0.2) is 0 Å². The molecule has 0 aromatic heterocycles. The highest BCUT2D eigenvalue weighted by Crippen LogP contribution is 2.22. The molecule has 6 nitrogen and oxygen atoms in total. The van der Waals surface area contributed by atoms with Crippen LogP contribution < -0.4 is 10.2 Å². The predicted octanol–water partition coefficient (Wildman–Crippen LogP) is 2.01. The molecule has 1 N–H and O–H groups in total. The van der Waals surface area contributed by atoms with E-state index in [1.54, 1.807) is 20.8 Å². The average molecular weight is 315 g/mol. The maximum atomic E-state index is 12.5. The molecule has 1 heterocycles. The minimum absolute atomic E-state index is 0.0443. The number of carbonyl (C=O) groups excluding carboxylic acids is 3. The number of carbonyl (C=O) groups is 3. The molecule has 1 aromatic carbocycles. The van der Waals surface area contributed by atoms with Crippen molar-refractivity contribution in [3.8, 4) is 0 Å². The Morgan fingerprint density at radius 2 is 1.61 bits per heavy atom. The van der Waals surface area contributed by atoms with E-state index in [-0.39, 0.29) is 5.57 Å². The van der Waals surface area contributed by atoms with Crippen LogP contribution >= 0.6 is 0 Å². The normalized spacial score (nSPS) is 17.5. The maximum Gasteiger partial charge on any atom is 0.331 e. The first-order valence-electron chi connectivity index (χ1n) is 7.30. The molecular formula is C17H21N3O3. The van der Waals surface area contributed by atoms with E-state index in [4.69, 9.17) is 0 Å². The largest absolute Gasteiger partial charge is 0.378 e. The van der Waals surface area contributed by atoms with Gasteiger partial charge in [-0.3, -0.25) is 19.8 Å². The number of amides is 4. The Morgan fingerprint density at radius 3 is 2.09 bits per heavy atom. The Bertz CT molecular complexity index is 682. The fourth-order valence-corrected chi connectivity index (χ4v) is 2.30. The Hall–Kier alpha value is -2.63. The lowest BCUT2D eigenvalue weighted by atomic mass is 10.0. The highest BCUT2D eigenvalue weighted by molar-refractivity contribution is 6.31. The third-order valence-corrected chi connectivity index (χ3v) is 3.49. The number of imide groups is 2. The number of nitrogens with one attached hydrogen (secondary N) is 1. The molecule has 6 heteroatoms. The van der Waals surface area contributed by atoms with Crippen LogP contribution in [0.3, 0.4) is 0 Å². The lowest BCUT2D eigenvalue weighted by molar-refractivity contribution is -0.133. The van der Waals surface area contributed by atoms with Gasteiger partial charge < -0.3 is 4.90 Å². The molecular weight excluding hydrogens is 294 g/mol. The van der Waals surface area contributed by atoms with Crippen LogP contribution in [0.15, 0.2) is 29.8 Å². The van der Waals surface area contributed by atoms with Gasteiger partial charge in [0, 0.05) is 25.3 Å². The molecule has 0 spiro atoms. The molecule has 0 aliphatic carbocycles. The standard InChI is InChI=1S/C17H21N3O3/c1-17(2,3)20-15(22)13(14(21)18-16(20)23)10-11-6-8-12(9-7-11)19(4)5/h6-10H,1-5H3,(H,18,21,23)/b13-10+. The van der Waals surface area contributed by atoms with Crippen LogP contribution in [0.4, 0.5) is 10.5 Å². The molecule has 2 rings (SSSR count). The molecule has 0 saturated carbocycles. The molecule has 1 saturated heterocycles. The van der Waals surface area contributed by atoms with Crippen LogP contribution in [0.5, 0.6) is 0 Å². The quantitative estimate of drug-likeness (QED) is 0.669. The van der Waals surface area contributed by atoms with Crippen LogP contribution in [0.25, 0.3) is 6.08 Å². The lowest BCUT2D eigenvalue weighted by Gasteiger charge is -2.36. The maximum absolute atomic E-state index is 12.5. The van der Waals surface area contributed by atoms with Gasteiger partial charge in [-0.25, -0.2) is 4.79 Å². The number of nitrogens with zero attached hydrogens (tertiary/aromatic N) is 2. The summed E-state index contributed by atoms with van der Waals surface area (Å²) in [5.74, 6) is -1.25. The van der Waals surface area contributed by atoms with Gasteiger partial charge in [0.25, 0.3) is 11.8 Å². The lowest BCUT2D eigenvalue weighted by Crippen LogP contribution is -2.60. The van der Waals surface area contributed by atoms with Gasteiger partial charge in [0.05, 0.1) is 0 Å². The van der Waals surface area contributed by atoms with Crippen molar-refractivity contribution in [3.05, 3.63) is 35.4 Å². The number of rotatable bonds is 2. The zero-order valence-corrected chi connectivity index (χ0v) is 14.0. The number of benzene rings is 1. The van der Waals surface area contributed by atoms with Crippen molar-refractivity contribution in [2.75, 3.05) is 19.0 Å². The molecule has 1 aliphatic heterocycles. The van der Waals surface area contributed by atoms with Crippen molar-refractivity contribution in [1.82, 2.24) is 10.2 Å². The summed E-state index contributed by atoms with van der Waals surface area (Å²) >= 11 is 0. The van der Waals surface area contributed by atoms with Gasteiger partial charge in [0.2, 0.25) is 0 Å². The Labute approximate surface area is 135 Å². The van der Waals surface area contributed by atoms with Gasteiger partial charge in [-0.2, -0.15) is 0 Å². The van der Waals surface area contributed by atoms with E-state index >= 15 is 0 Å². The summed E-state index contributed by atoms with van der Waals surface area (Å²) in [6, 6.07) is 6.74. The molecule has 1 aliphatic rings. The van der Waals surface area contributed by atoms with Gasteiger partial charge in [-0.1, -0.05) is 12.1 Å². The summed E-state index contributed by atoms with van der Waals surface area (Å²) in [7, 11) is 3.86. The number of hydrogen-bond acceptors (Lipinski definition) is 4. The van der Waals surface area contributed by atoms with Crippen LogP contribution in [0, 0.1) is 0 Å². The van der Waals surface area contributed by atoms with Gasteiger partial charge in [-0.15, -0.1) is 0 Å². The van der Waals surface area contributed by atoms with Gasteiger partial charge in [-0.05, 0) is 44.5 Å². The van der Waals surface area contributed by atoms with E-state index in [2.05, 4.69) is 5.32 Å². The summed E-state index contributed by atoms with van der Waals surface area (Å²) in [6.07, 6.45) is 1.50. The van der Waals surface area contributed by atoms with E-state index < -0.39 is 23.4 Å². The molecule has 1 fully saturated rings. The third-order valence-electron chi connectivity index (χ3n) is 3.49. The number of hydrogen-bond donors (Lipinski definition) is 1. The Balaban J connectivity index is 2.38. The van der Waals surface area contributed by atoms with Crippen LogP contribution in [0.1, 0.15) is 26.3 Å². The monoisotopic (exact) mass is 315 g/mol. The van der Waals surface area contributed by atoms with Gasteiger partial charge >= 0.3 is 6.03 Å². The van der Waals surface area contributed by atoms with Crippen LogP contribution in [-0.2, 0) is 9.59 Å². The topological polar surface area (TPSA) is 69.7 Å². The summed E-state index contributed by atoms with van der Waals surface area (Å²) in [4.78, 5) is 39.5. The zero-order valence-electron chi connectivity index (χ0n) is 14.0. The van der Waals surface area contributed by atoms with E-state index in [1.165, 1.54) is 6.08 Å². The zero-order chi connectivity index (χ0) is 17.4. The second-order valence-electron chi connectivity index (χ2n) is 6.61.